The van der Waals surface area contributed by atoms with E-state index in [1.807, 2.05) is 7.05 Å². The van der Waals surface area contributed by atoms with E-state index >= 15 is 0 Å². The van der Waals surface area contributed by atoms with Crippen LogP contribution >= 0.6 is 12.4 Å². The van der Waals surface area contributed by atoms with Crippen molar-refractivity contribution in [3.05, 3.63) is 29.8 Å². The summed E-state index contributed by atoms with van der Waals surface area (Å²) in [5.74, 6) is 0.120. The van der Waals surface area contributed by atoms with Crippen molar-refractivity contribution in [2.45, 2.75) is 17.7 Å². The molecular formula is C15H24ClN3O3S. The molecule has 130 valence electrons. The Morgan fingerprint density at radius 1 is 1.26 bits per heavy atom. The summed E-state index contributed by atoms with van der Waals surface area (Å²) in [6.07, 6.45) is 1.92. The molecule has 1 aromatic carbocycles. The summed E-state index contributed by atoms with van der Waals surface area (Å²) < 4.78 is 26.9. The predicted octanol–water partition coefficient (Wildman–Crippen LogP) is 1.09. The minimum atomic E-state index is -3.49. The number of nitrogens with zero attached hydrogens (tertiary/aromatic N) is 1. The Morgan fingerprint density at radius 2 is 1.91 bits per heavy atom. The van der Waals surface area contributed by atoms with Crippen molar-refractivity contribution in [2.75, 3.05) is 33.7 Å². The largest absolute Gasteiger partial charge is 0.355 e. The van der Waals surface area contributed by atoms with E-state index in [2.05, 4.69) is 10.6 Å². The van der Waals surface area contributed by atoms with Gasteiger partial charge in [0.05, 0.1) is 4.90 Å². The summed E-state index contributed by atoms with van der Waals surface area (Å²) >= 11 is 0. The van der Waals surface area contributed by atoms with Gasteiger partial charge in [-0.2, -0.15) is 4.31 Å². The van der Waals surface area contributed by atoms with Crippen LogP contribution in [0.3, 0.4) is 0 Å². The van der Waals surface area contributed by atoms with Crippen LogP contribution in [0, 0.1) is 5.92 Å². The van der Waals surface area contributed by atoms with Crippen LogP contribution in [0.4, 0.5) is 0 Å². The van der Waals surface area contributed by atoms with Gasteiger partial charge in [0.25, 0.3) is 5.91 Å². The summed E-state index contributed by atoms with van der Waals surface area (Å²) in [5.41, 5.74) is 0.452. The molecule has 1 aliphatic rings. The normalized spacial score (nSPS) is 19.0. The van der Waals surface area contributed by atoms with Crippen LogP contribution in [0.5, 0.6) is 0 Å². The van der Waals surface area contributed by atoms with Crippen LogP contribution < -0.4 is 10.6 Å². The van der Waals surface area contributed by atoms with Gasteiger partial charge < -0.3 is 10.6 Å². The molecule has 1 amide bonds. The molecule has 1 aliphatic heterocycles. The lowest BCUT2D eigenvalue weighted by molar-refractivity contribution is 0.0963. The van der Waals surface area contributed by atoms with Gasteiger partial charge in [0.15, 0.2) is 0 Å². The van der Waals surface area contributed by atoms with Crippen molar-refractivity contribution >= 4 is 28.3 Å². The van der Waals surface area contributed by atoms with E-state index in [1.165, 1.54) is 12.1 Å². The third kappa shape index (κ3) is 4.67. The number of halogens is 1. The Hall–Kier alpha value is -1.15. The molecule has 1 unspecified atom stereocenters. The van der Waals surface area contributed by atoms with E-state index in [4.69, 9.17) is 0 Å². The number of hydrogen-bond acceptors (Lipinski definition) is 4. The summed E-state index contributed by atoms with van der Waals surface area (Å²) in [7, 11) is -0.0644. The molecule has 1 atom stereocenters. The van der Waals surface area contributed by atoms with Crippen molar-refractivity contribution in [1.29, 1.82) is 0 Å². The molecule has 1 heterocycles. The van der Waals surface area contributed by atoms with Crippen LogP contribution in [0.2, 0.25) is 0 Å². The van der Waals surface area contributed by atoms with Gasteiger partial charge in [-0.1, -0.05) is 0 Å². The zero-order chi connectivity index (χ0) is 16.2. The summed E-state index contributed by atoms with van der Waals surface area (Å²) in [5, 5.41) is 5.63. The van der Waals surface area contributed by atoms with Gasteiger partial charge >= 0.3 is 0 Å². The molecule has 8 heteroatoms. The van der Waals surface area contributed by atoms with Gasteiger partial charge in [0.2, 0.25) is 10.0 Å². The first-order valence-corrected chi connectivity index (χ1v) is 8.90. The zero-order valence-electron chi connectivity index (χ0n) is 13.4. The van der Waals surface area contributed by atoms with Crippen molar-refractivity contribution in [2.24, 2.45) is 5.92 Å². The highest BCUT2D eigenvalue weighted by atomic mass is 35.5. The molecule has 0 spiro atoms. The molecule has 1 saturated heterocycles. The van der Waals surface area contributed by atoms with Crippen molar-refractivity contribution in [3.8, 4) is 0 Å². The number of carbonyl (C=O) groups excluding carboxylic acids is 1. The van der Waals surface area contributed by atoms with E-state index in [-0.39, 0.29) is 23.2 Å². The Labute approximate surface area is 144 Å². The van der Waals surface area contributed by atoms with Crippen LogP contribution in [0.25, 0.3) is 0 Å². The lowest BCUT2D eigenvalue weighted by Crippen LogP contribution is -2.42. The number of hydrogen-bond donors (Lipinski definition) is 2. The van der Waals surface area contributed by atoms with Gasteiger partial charge in [-0.25, -0.2) is 8.42 Å². The molecule has 23 heavy (non-hydrogen) atoms. The lowest BCUT2D eigenvalue weighted by Gasteiger charge is -2.31. The fourth-order valence-electron chi connectivity index (χ4n) is 2.77. The molecule has 2 N–H and O–H groups in total. The van der Waals surface area contributed by atoms with Gasteiger partial charge in [0, 0.05) is 25.7 Å². The number of nitrogens with one attached hydrogen (secondary N) is 2. The first kappa shape index (κ1) is 19.9. The number of benzene rings is 1. The monoisotopic (exact) mass is 361 g/mol. The minimum Gasteiger partial charge on any atom is -0.355 e. The SMILES string of the molecule is CNCC1CCCN(S(=O)(=O)c2ccc(C(=O)NC)cc2)C1.Cl. The average Bonchev–Trinajstić information content (AvgIpc) is 2.55. The molecule has 0 bridgehead atoms. The Balaban J connectivity index is 0.00000264. The third-order valence-corrected chi connectivity index (χ3v) is 5.84. The number of carbonyl (C=O) groups is 1. The number of rotatable bonds is 5. The van der Waals surface area contributed by atoms with E-state index in [1.54, 1.807) is 23.5 Å². The first-order valence-electron chi connectivity index (χ1n) is 7.46. The van der Waals surface area contributed by atoms with E-state index in [0.29, 0.717) is 24.6 Å². The zero-order valence-corrected chi connectivity index (χ0v) is 15.0. The second-order valence-corrected chi connectivity index (χ2v) is 7.47. The van der Waals surface area contributed by atoms with Gasteiger partial charge in [-0.3, -0.25) is 4.79 Å². The summed E-state index contributed by atoms with van der Waals surface area (Å²) in [6.45, 7) is 1.92. The number of sulfonamides is 1. The van der Waals surface area contributed by atoms with Crippen molar-refractivity contribution < 1.29 is 13.2 Å². The topological polar surface area (TPSA) is 78.5 Å². The highest BCUT2D eigenvalue weighted by Crippen LogP contribution is 2.23. The van der Waals surface area contributed by atoms with Crippen LogP contribution in [-0.4, -0.2) is 52.4 Å². The maximum Gasteiger partial charge on any atom is 0.251 e. The number of amides is 1. The van der Waals surface area contributed by atoms with E-state index < -0.39 is 10.0 Å². The summed E-state index contributed by atoms with van der Waals surface area (Å²) in [4.78, 5) is 11.8. The second kappa shape index (κ2) is 8.63. The molecule has 0 saturated carbocycles. The molecule has 0 aromatic heterocycles. The molecule has 2 rings (SSSR count). The molecule has 1 aromatic rings. The predicted molar refractivity (Wildman–Crippen MR) is 92.5 cm³/mol. The van der Waals surface area contributed by atoms with E-state index in [9.17, 15) is 13.2 Å². The highest BCUT2D eigenvalue weighted by Gasteiger charge is 2.29. The molecule has 0 radical (unpaired) electrons. The Bertz CT molecular complexity index is 617. The molecule has 0 aliphatic carbocycles. The molecule has 6 nitrogen and oxygen atoms in total. The highest BCUT2D eigenvalue weighted by molar-refractivity contribution is 7.89. The minimum absolute atomic E-state index is 0. The average molecular weight is 362 g/mol. The fraction of sp³-hybridized carbons (Fsp3) is 0.533. The van der Waals surface area contributed by atoms with Crippen molar-refractivity contribution in [3.63, 3.8) is 0 Å². The summed E-state index contributed by atoms with van der Waals surface area (Å²) in [6, 6.07) is 6.09. The Kier molecular flexibility index (Phi) is 7.47. The van der Waals surface area contributed by atoms with Gasteiger partial charge in [0.1, 0.15) is 0 Å². The molecule has 1 fully saturated rings. The first-order chi connectivity index (χ1) is 10.5. The standard InChI is InChI=1S/C15H23N3O3S.ClH/c1-16-10-12-4-3-9-18(11-12)22(20,21)14-7-5-13(6-8-14)15(19)17-2;/h5-8,12,16H,3-4,9-11H2,1-2H3,(H,17,19);1H. The third-order valence-electron chi connectivity index (χ3n) is 3.96. The molecular weight excluding hydrogens is 338 g/mol. The van der Waals surface area contributed by atoms with Crippen LogP contribution in [0.15, 0.2) is 29.2 Å². The lowest BCUT2D eigenvalue weighted by atomic mass is 10.00. The van der Waals surface area contributed by atoms with Crippen LogP contribution in [0.1, 0.15) is 23.2 Å². The van der Waals surface area contributed by atoms with Gasteiger partial charge in [-0.05, 0) is 56.6 Å². The van der Waals surface area contributed by atoms with Gasteiger partial charge in [-0.15, -0.1) is 12.4 Å². The Morgan fingerprint density at radius 3 is 2.48 bits per heavy atom. The van der Waals surface area contributed by atoms with E-state index in [0.717, 1.165) is 19.4 Å². The smallest absolute Gasteiger partial charge is 0.251 e. The quantitative estimate of drug-likeness (QED) is 0.822. The fourth-order valence-corrected chi connectivity index (χ4v) is 4.33. The number of piperidine rings is 1. The second-order valence-electron chi connectivity index (χ2n) is 5.53. The maximum atomic E-state index is 12.7. The van der Waals surface area contributed by atoms with Crippen LogP contribution in [-0.2, 0) is 10.0 Å². The van der Waals surface area contributed by atoms with Crippen molar-refractivity contribution in [1.82, 2.24) is 14.9 Å². The maximum absolute atomic E-state index is 12.7.